The van der Waals surface area contributed by atoms with Crippen LogP contribution >= 0.6 is 11.6 Å². The molecule has 1 atom stereocenters. The Morgan fingerprint density at radius 2 is 2.09 bits per heavy atom. The van der Waals surface area contributed by atoms with Crippen LogP contribution in [0.5, 0.6) is 5.88 Å². The zero-order valence-electron chi connectivity index (χ0n) is 13.8. The van der Waals surface area contributed by atoms with Gasteiger partial charge >= 0.3 is 0 Å². The lowest BCUT2D eigenvalue weighted by atomic mass is 9.87. The summed E-state index contributed by atoms with van der Waals surface area (Å²) in [5.74, 6) is 0.568. The van der Waals surface area contributed by atoms with Crippen molar-refractivity contribution in [2.24, 2.45) is 0 Å². The lowest BCUT2D eigenvalue weighted by Crippen LogP contribution is -2.28. The van der Waals surface area contributed by atoms with Gasteiger partial charge in [0.1, 0.15) is 0 Å². The summed E-state index contributed by atoms with van der Waals surface area (Å²) in [4.78, 5) is 10.8. The number of ether oxygens (including phenoxy) is 1. The maximum Gasteiger partial charge on any atom is 0.225 e. The number of aromatic nitrogens is 2. The van der Waals surface area contributed by atoms with E-state index in [1.165, 1.54) is 30.4 Å². The van der Waals surface area contributed by atoms with Crippen molar-refractivity contribution in [2.75, 3.05) is 14.2 Å². The van der Waals surface area contributed by atoms with Crippen LogP contribution in [-0.2, 0) is 13.0 Å². The number of aryl methyl sites for hydroxylation is 2. The molecule has 0 saturated carbocycles. The molecular formula is C18H22ClN3O. The monoisotopic (exact) mass is 331 g/mol. The smallest absolute Gasteiger partial charge is 0.225 e. The Kier molecular flexibility index (Phi) is 4.83. The first-order valence-corrected chi connectivity index (χ1v) is 8.33. The Balaban J connectivity index is 1.87. The van der Waals surface area contributed by atoms with Crippen molar-refractivity contribution in [1.29, 1.82) is 0 Å². The second kappa shape index (κ2) is 6.85. The van der Waals surface area contributed by atoms with E-state index in [4.69, 9.17) is 16.3 Å². The van der Waals surface area contributed by atoms with Crippen molar-refractivity contribution < 1.29 is 4.74 Å². The summed E-state index contributed by atoms with van der Waals surface area (Å²) in [6.07, 6.45) is 3.56. The third-order valence-corrected chi connectivity index (χ3v) is 4.79. The zero-order chi connectivity index (χ0) is 16.4. The van der Waals surface area contributed by atoms with E-state index in [9.17, 15) is 0 Å². The van der Waals surface area contributed by atoms with E-state index >= 15 is 0 Å². The van der Waals surface area contributed by atoms with E-state index in [1.807, 2.05) is 6.92 Å². The Morgan fingerprint density at radius 1 is 1.30 bits per heavy atom. The predicted octanol–water partition coefficient (Wildman–Crippen LogP) is 3.96. The maximum absolute atomic E-state index is 5.94. The summed E-state index contributed by atoms with van der Waals surface area (Å²) >= 11 is 5.94. The molecule has 4 nitrogen and oxygen atoms in total. The fourth-order valence-electron chi connectivity index (χ4n) is 3.43. The van der Waals surface area contributed by atoms with Crippen molar-refractivity contribution >= 4 is 11.6 Å². The van der Waals surface area contributed by atoms with Crippen molar-refractivity contribution in [3.05, 3.63) is 51.9 Å². The number of methoxy groups -OCH3 is 1. The normalized spacial score (nSPS) is 17.2. The first-order chi connectivity index (χ1) is 11.1. The molecule has 23 heavy (non-hydrogen) atoms. The highest BCUT2D eigenvalue weighted by atomic mass is 35.5. The molecule has 1 aliphatic rings. The van der Waals surface area contributed by atoms with Gasteiger partial charge in [0.25, 0.3) is 0 Å². The van der Waals surface area contributed by atoms with Crippen molar-refractivity contribution in [3.8, 4) is 5.88 Å². The van der Waals surface area contributed by atoms with E-state index in [1.54, 1.807) is 7.11 Å². The third kappa shape index (κ3) is 3.33. The van der Waals surface area contributed by atoms with Gasteiger partial charge in [-0.1, -0.05) is 24.3 Å². The summed E-state index contributed by atoms with van der Waals surface area (Å²) in [5, 5.41) is 0.230. The van der Waals surface area contributed by atoms with Crippen LogP contribution in [0, 0.1) is 6.92 Å². The van der Waals surface area contributed by atoms with Crippen LogP contribution in [-0.4, -0.2) is 29.0 Å². The molecule has 2 aromatic rings. The molecule has 0 unspecified atom stereocenters. The van der Waals surface area contributed by atoms with Gasteiger partial charge in [-0.2, -0.15) is 4.98 Å². The van der Waals surface area contributed by atoms with E-state index in [-0.39, 0.29) is 5.28 Å². The van der Waals surface area contributed by atoms with Crippen molar-refractivity contribution in [2.45, 2.75) is 38.8 Å². The van der Waals surface area contributed by atoms with E-state index in [0.29, 0.717) is 11.9 Å². The molecule has 0 spiro atoms. The molecule has 1 aromatic carbocycles. The second-order valence-electron chi connectivity index (χ2n) is 6.09. The number of fused-ring (bicyclic) bond motifs is 1. The number of halogens is 1. The molecule has 0 aliphatic heterocycles. The van der Waals surface area contributed by atoms with Crippen molar-refractivity contribution in [1.82, 2.24) is 14.9 Å². The van der Waals surface area contributed by atoms with E-state index < -0.39 is 0 Å². The lowest BCUT2D eigenvalue weighted by molar-refractivity contribution is 0.209. The molecular weight excluding hydrogens is 310 g/mol. The Morgan fingerprint density at radius 3 is 2.87 bits per heavy atom. The van der Waals surface area contributed by atoms with E-state index in [2.05, 4.69) is 46.2 Å². The van der Waals surface area contributed by atoms with Gasteiger partial charge in [0.2, 0.25) is 11.2 Å². The fraction of sp³-hybridized carbons (Fsp3) is 0.444. The minimum Gasteiger partial charge on any atom is -0.481 e. The minimum atomic E-state index is 0.230. The van der Waals surface area contributed by atoms with Gasteiger partial charge in [-0.3, -0.25) is 4.90 Å². The summed E-state index contributed by atoms with van der Waals surface area (Å²) in [7, 11) is 3.78. The second-order valence-corrected chi connectivity index (χ2v) is 6.43. The van der Waals surface area contributed by atoms with Crippen molar-refractivity contribution in [3.63, 3.8) is 0 Å². The van der Waals surface area contributed by atoms with Gasteiger partial charge < -0.3 is 4.74 Å². The number of rotatable bonds is 4. The van der Waals surface area contributed by atoms with Gasteiger partial charge in [0, 0.05) is 18.2 Å². The Hall–Kier alpha value is -1.65. The average Bonchev–Trinajstić information content (AvgIpc) is 2.56. The molecule has 0 bridgehead atoms. The largest absolute Gasteiger partial charge is 0.481 e. The number of hydrogen-bond donors (Lipinski definition) is 0. The van der Waals surface area contributed by atoms with Crippen LogP contribution in [0.25, 0.3) is 0 Å². The van der Waals surface area contributed by atoms with Crippen LogP contribution in [0.3, 0.4) is 0 Å². The first kappa shape index (κ1) is 16.2. The third-order valence-electron chi connectivity index (χ3n) is 4.62. The SMILES string of the molecule is COc1nc(Cl)nc(C)c1CN(C)[C@H]1CCCc2ccccc21. The molecule has 0 fully saturated rings. The Labute approximate surface area is 142 Å². The highest BCUT2D eigenvalue weighted by Crippen LogP contribution is 2.35. The molecule has 5 heteroatoms. The molecule has 0 saturated heterocycles. The highest BCUT2D eigenvalue weighted by Gasteiger charge is 2.25. The Bertz CT molecular complexity index is 705. The number of nitrogens with zero attached hydrogens (tertiary/aromatic N) is 3. The fourth-order valence-corrected chi connectivity index (χ4v) is 3.64. The summed E-state index contributed by atoms with van der Waals surface area (Å²) in [6.45, 7) is 2.69. The summed E-state index contributed by atoms with van der Waals surface area (Å²) < 4.78 is 5.40. The van der Waals surface area contributed by atoms with Crippen LogP contribution in [0.1, 0.15) is 41.3 Å². The summed E-state index contributed by atoms with van der Waals surface area (Å²) in [6, 6.07) is 9.16. The summed E-state index contributed by atoms with van der Waals surface area (Å²) in [5.41, 5.74) is 4.78. The van der Waals surface area contributed by atoms with Crippen LogP contribution < -0.4 is 4.74 Å². The van der Waals surface area contributed by atoms with E-state index in [0.717, 1.165) is 17.8 Å². The van der Waals surface area contributed by atoms with Gasteiger partial charge in [0.15, 0.2) is 0 Å². The van der Waals surface area contributed by atoms with Crippen LogP contribution in [0.15, 0.2) is 24.3 Å². The average molecular weight is 332 g/mol. The molecule has 0 amide bonds. The minimum absolute atomic E-state index is 0.230. The van der Waals surface area contributed by atoms with Crippen LogP contribution in [0.2, 0.25) is 5.28 Å². The molecule has 1 heterocycles. The topological polar surface area (TPSA) is 38.3 Å². The molecule has 1 aliphatic carbocycles. The van der Waals surface area contributed by atoms with Gasteiger partial charge in [-0.05, 0) is 56.0 Å². The molecule has 122 valence electrons. The van der Waals surface area contributed by atoms with Crippen LogP contribution in [0.4, 0.5) is 0 Å². The van der Waals surface area contributed by atoms with Gasteiger partial charge in [0.05, 0.1) is 12.8 Å². The molecule has 1 aromatic heterocycles. The first-order valence-electron chi connectivity index (χ1n) is 7.95. The maximum atomic E-state index is 5.94. The van der Waals surface area contributed by atoms with Gasteiger partial charge in [-0.15, -0.1) is 0 Å². The lowest BCUT2D eigenvalue weighted by Gasteiger charge is -2.33. The quantitative estimate of drug-likeness (QED) is 0.795. The number of hydrogen-bond acceptors (Lipinski definition) is 4. The molecule has 0 N–H and O–H groups in total. The number of benzene rings is 1. The molecule has 3 rings (SSSR count). The predicted molar refractivity (Wildman–Crippen MR) is 91.9 cm³/mol. The standard InChI is InChI=1S/C18H22ClN3O/c1-12-15(17(23-3)21-18(19)20-12)11-22(2)16-10-6-8-13-7-4-5-9-14(13)16/h4-5,7,9,16H,6,8,10-11H2,1-3H3/t16-/m0/s1. The highest BCUT2D eigenvalue weighted by molar-refractivity contribution is 6.28. The van der Waals surface area contributed by atoms with Gasteiger partial charge in [-0.25, -0.2) is 4.98 Å². The zero-order valence-corrected chi connectivity index (χ0v) is 14.6. The molecule has 0 radical (unpaired) electrons.